The number of ether oxygens (including phenoxy) is 1. The Balaban J connectivity index is 1.65. The molecular weight excluding hydrogens is 475 g/mol. The minimum Gasteiger partial charge on any atom is -0.488 e. The summed E-state index contributed by atoms with van der Waals surface area (Å²) in [6.45, 7) is 3.89. The van der Waals surface area contributed by atoms with E-state index in [0.29, 0.717) is 27.0 Å². The molecule has 6 nitrogen and oxygen atoms in total. The summed E-state index contributed by atoms with van der Waals surface area (Å²) in [5.41, 5.74) is 3.21. The number of amides is 4. The number of benzene rings is 3. The highest BCUT2D eigenvalue weighted by atomic mass is 35.5. The molecule has 1 saturated heterocycles. The van der Waals surface area contributed by atoms with Crippen LogP contribution in [0.5, 0.6) is 5.75 Å². The number of nitrogens with one attached hydrogen (secondary N) is 1. The number of carbonyl (C=O) groups is 3. The van der Waals surface area contributed by atoms with E-state index in [0.717, 1.165) is 21.6 Å². The van der Waals surface area contributed by atoms with E-state index in [1.165, 1.54) is 6.08 Å². The highest BCUT2D eigenvalue weighted by molar-refractivity contribution is 6.39. The Labute approximate surface area is 206 Å². The van der Waals surface area contributed by atoms with Gasteiger partial charge in [-0.25, -0.2) is 9.69 Å². The minimum atomic E-state index is -0.793. The molecule has 0 aliphatic carbocycles. The molecule has 1 aliphatic heterocycles. The summed E-state index contributed by atoms with van der Waals surface area (Å²) < 4.78 is 5.92. The standard InChI is InChI=1S/C26H20Cl2N2O4/c1-15-9-16(2)11-20(10-15)30-25(32)21(24(31)29-26(30)33)12-17-5-3-4-6-23(17)34-14-18-7-8-19(27)13-22(18)28/h3-13H,14H2,1-2H3,(H,29,31,33)/b21-12+. The zero-order valence-electron chi connectivity index (χ0n) is 18.4. The second kappa shape index (κ2) is 9.71. The van der Waals surface area contributed by atoms with Gasteiger partial charge in [0.15, 0.2) is 0 Å². The number of rotatable bonds is 5. The Morgan fingerprint density at radius 2 is 1.65 bits per heavy atom. The number of aryl methyl sites for hydroxylation is 2. The maximum absolute atomic E-state index is 13.2. The van der Waals surface area contributed by atoms with E-state index < -0.39 is 17.8 Å². The molecule has 0 atom stereocenters. The molecule has 34 heavy (non-hydrogen) atoms. The maximum Gasteiger partial charge on any atom is 0.335 e. The molecule has 1 aliphatic rings. The fraction of sp³-hybridized carbons (Fsp3) is 0.115. The zero-order chi connectivity index (χ0) is 24.4. The highest BCUT2D eigenvalue weighted by Gasteiger charge is 2.37. The van der Waals surface area contributed by atoms with Crippen LogP contribution in [0.2, 0.25) is 10.0 Å². The second-order valence-corrected chi connectivity index (χ2v) is 8.71. The van der Waals surface area contributed by atoms with E-state index in [1.54, 1.807) is 54.6 Å². The van der Waals surface area contributed by atoms with Crippen molar-refractivity contribution in [3.63, 3.8) is 0 Å². The first-order valence-corrected chi connectivity index (χ1v) is 11.1. The summed E-state index contributed by atoms with van der Waals surface area (Å²) in [6.07, 6.45) is 1.42. The van der Waals surface area contributed by atoms with E-state index in [-0.39, 0.29) is 12.2 Å². The van der Waals surface area contributed by atoms with Gasteiger partial charge in [0, 0.05) is 21.2 Å². The number of para-hydroxylation sites is 1. The van der Waals surface area contributed by atoms with Crippen LogP contribution in [0, 0.1) is 13.8 Å². The molecule has 0 aromatic heterocycles. The lowest BCUT2D eigenvalue weighted by Gasteiger charge is -2.27. The first-order valence-electron chi connectivity index (χ1n) is 10.4. The van der Waals surface area contributed by atoms with Crippen molar-refractivity contribution >= 4 is 52.8 Å². The molecule has 0 unspecified atom stereocenters. The number of urea groups is 1. The molecule has 1 fully saturated rings. The average Bonchev–Trinajstić information content (AvgIpc) is 2.76. The lowest BCUT2D eigenvalue weighted by molar-refractivity contribution is -0.122. The summed E-state index contributed by atoms with van der Waals surface area (Å²) in [4.78, 5) is 39.3. The molecule has 3 aromatic carbocycles. The van der Waals surface area contributed by atoms with Crippen LogP contribution in [-0.4, -0.2) is 17.8 Å². The third-order valence-electron chi connectivity index (χ3n) is 5.18. The van der Waals surface area contributed by atoms with Crippen molar-refractivity contribution in [2.45, 2.75) is 20.5 Å². The lowest BCUT2D eigenvalue weighted by atomic mass is 10.0. The predicted octanol–water partition coefficient (Wildman–Crippen LogP) is 5.86. The van der Waals surface area contributed by atoms with Gasteiger partial charge in [-0.2, -0.15) is 0 Å². The lowest BCUT2D eigenvalue weighted by Crippen LogP contribution is -2.54. The topological polar surface area (TPSA) is 75.7 Å². The fourth-order valence-electron chi connectivity index (χ4n) is 3.65. The summed E-state index contributed by atoms with van der Waals surface area (Å²) >= 11 is 12.2. The van der Waals surface area contributed by atoms with Crippen LogP contribution >= 0.6 is 23.2 Å². The van der Waals surface area contributed by atoms with E-state index in [2.05, 4.69) is 5.32 Å². The smallest absolute Gasteiger partial charge is 0.335 e. The van der Waals surface area contributed by atoms with Crippen molar-refractivity contribution < 1.29 is 19.1 Å². The molecule has 0 radical (unpaired) electrons. The molecule has 3 aromatic rings. The first kappa shape index (κ1) is 23.5. The molecule has 172 valence electrons. The van der Waals surface area contributed by atoms with E-state index in [4.69, 9.17) is 27.9 Å². The number of hydrogen-bond donors (Lipinski definition) is 1. The fourth-order valence-corrected chi connectivity index (χ4v) is 4.12. The van der Waals surface area contributed by atoms with E-state index >= 15 is 0 Å². The normalized spacial score (nSPS) is 15.0. The van der Waals surface area contributed by atoms with E-state index in [9.17, 15) is 14.4 Å². The average molecular weight is 495 g/mol. The van der Waals surface area contributed by atoms with Crippen molar-refractivity contribution in [1.29, 1.82) is 0 Å². The van der Waals surface area contributed by atoms with Crippen molar-refractivity contribution in [1.82, 2.24) is 5.32 Å². The molecule has 0 saturated carbocycles. The highest BCUT2D eigenvalue weighted by Crippen LogP contribution is 2.28. The Bertz CT molecular complexity index is 1330. The Kier molecular flexibility index (Phi) is 6.72. The van der Waals surface area contributed by atoms with Gasteiger partial charge in [-0.15, -0.1) is 0 Å². The predicted molar refractivity (Wildman–Crippen MR) is 132 cm³/mol. The monoisotopic (exact) mass is 494 g/mol. The van der Waals surface area contributed by atoms with Crippen LogP contribution in [0.1, 0.15) is 22.3 Å². The number of imide groups is 2. The SMILES string of the molecule is Cc1cc(C)cc(N2C(=O)NC(=O)/C(=C\c3ccccc3OCc3ccc(Cl)cc3Cl)C2=O)c1. The number of hydrogen-bond acceptors (Lipinski definition) is 4. The van der Waals surface area contributed by atoms with Crippen LogP contribution in [0.3, 0.4) is 0 Å². The molecule has 8 heteroatoms. The number of carbonyl (C=O) groups excluding carboxylic acids is 3. The van der Waals surface area contributed by atoms with Crippen molar-refractivity contribution in [3.8, 4) is 5.75 Å². The molecular formula is C26H20Cl2N2O4. The molecule has 4 amide bonds. The molecule has 0 spiro atoms. The van der Waals surface area contributed by atoms with Gasteiger partial charge in [0.1, 0.15) is 17.9 Å². The second-order valence-electron chi connectivity index (χ2n) is 7.87. The Hall–Kier alpha value is -3.61. The van der Waals surface area contributed by atoms with Crippen molar-refractivity contribution in [2.24, 2.45) is 0 Å². The first-order chi connectivity index (χ1) is 16.2. The number of anilines is 1. The summed E-state index contributed by atoms with van der Waals surface area (Å²) in [5, 5.41) is 3.23. The third-order valence-corrected chi connectivity index (χ3v) is 5.77. The molecule has 1 N–H and O–H groups in total. The van der Waals surface area contributed by atoms with Gasteiger partial charge in [-0.3, -0.25) is 14.9 Å². The zero-order valence-corrected chi connectivity index (χ0v) is 19.9. The largest absolute Gasteiger partial charge is 0.488 e. The minimum absolute atomic E-state index is 0.156. The van der Waals surface area contributed by atoms with Crippen molar-refractivity contribution in [2.75, 3.05) is 4.90 Å². The van der Waals surface area contributed by atoms with Crippen LogP contribution in [-0.2, 0) is 16.2 Å². The van der Waals surface area contributed by atoms with Crippen molar-refractivity contribution in [3.05, 3.63) is 98.5 Å². The molecule has 0 bridgehead atoms. The maximum atomic E-state index is 13.2. The molecule has 4 rings (SSSR count). The Morgan fingerprint density at radius 1 is 0.941 bits per heavy atom. The van der Waals surface area contributed by atoms with Gasteiger partial charge >= 0.3 is 6.03 Å². The number of halogens is 2. The molecule has 1 heterocycles. The van der Waals surface area contributed by atoms with Gasteiger partial charge in [0.05, 0.1) is 5.69 Å². The van der Waals surface area contributed by atoms with Gasteiger partial charge in [0.25, 0.3) is 11.8 Å². The summed E-state index contributed by atoms with van der Waals surface area (Å²) in [7, 11) is 0. The van der Waals surface area contributed by atoms with E-state index in [1.807, 2.05) is 19.9 Å². The summed E-state index contributed by atoms with van der Waals surface area (Å²) in [6, 6.07) is 16.6. The van der Waals surface area contributed by atoms with Crippen LogP contribution in [0.4, 0.5) is 10.5 Å². The Morgan fingerprint density at radius 3 is 2.35 bits per heavy atom. The van der Waals surface area contributed by atoms with Crippen LogP contribution in [0.15, 0.2) is 66.2 Å². The van der Waals surface area contributed by atoms with Gasteiger partial charge in [-0.05, 0) is 61.4 Å². The number of barbiturate groups is 1. The number of nitrogens with zero attached hydrogens (tertiary/aromatic N) is 1. The van der Waals surface area contributed by atoms with Gasteiger partial charge in [0.2, 0.25) is 0 Å². The van der Waals surface area contributed by atoms with Crippen LogP contribution < -0.4 is 15.0 Å². The van der Waals surface area contributed by atoms with Crippen LogP contribution in [0.25, 0.3) is 6.08 Å². The van der Waals surface area contributed by atoms with Gasteiger partial charge < -0.3 is 4.74 Å². The van der Waals surface area contributed by atoms with Gasteiger partial charge in [-0.1, -0.05) is 53.5 Å². The summed E-state index contributed by atoms with van der Waals surface area (Å²) in [5.74, 6) is -1.04. The third kappa shape index (κ3) is 4.98. The quantitative estimate of drug-likeness (QED) is 0.356.